The highest BCUT2D eigenvalue weighted by Gasteiger charge is 2.31. The van der Waals surface area contributed by atoms with Crippen LogP contribution in [0.25, 0.3) is 0 Å². The number of nitrogen functional groups attached to an aromatic ring is 1. The zero-order valence-corrected chi connectivity index (χ0v) is 12.1. The van der Waals surface area contributed by atoms with Crippen molar-refractivity contribution in [3.05, 3.63) is 23.8 Å². The summed E-state index contributed by atoms with van der Waals surface area (Å²) in [6, 6.07) is 4.70. The molecule has 0 saturated carbocycles. The second-order valence-corrected chi connectivity index (χ2v) is 7.24. The smallest absolute Gasteiger partial charge is 0.251 e. The lowest BCUT2D eigenvalue weighted by atomic mass is 10.1. The second kappa shape index (κ2) is 5.70. The van der Waals surface area contributed by atoms with Gasteiger partial charge in [-0.3, -0.25) is 4.79 Å². The van der Waals surface area contributed by atoms with Gasteiger partial charge in [0.2, 0.25) is 0 Å². The molecular formula is C13H18N2O4S. The number of hydrogen-bond donors (Lipinski definition) is 2. The first kappa shape index (κ1) is 14.6. The van der Waals surface area contributed by atoms with E-state index in [9.17, 15) is 13.2 Å². The molecule has 110 valence electrons. The van der Waals surface area contributed by atoms with Crippen LogP contribution in [-0.4, -0.2) is 39.0 Å². The maximum absolute atomic E-state index is 12.0. The molecule has 1 saturated heterocycles. The minimum absolute atomic E-state index is 0.137. The summed E-state index contributed by atoms with van der Waals surface area (Å²) in [7, 11) is -1.56. The molecule has 1 aliphatic rings. The summed E-state index contributed by atoms with van der Waals surface area (Å²) >= 11 is 0. The van der Waals surface area contributed by atoms with E-state index in [4.69, 9.17) is 10.5 Å². The minimum atomic E-state index is -3.05. The number of sulfone groups is 1. The lowest BCUT2D eigenvalue weighted by Crippen LogP contribution is -2.34. The molecule has 1 aliphatic heterocycles. The van der Waals surface area contributed by atoms with E-state index in [1.165, 1.54) is 13.2 Å². The van der Waals surface area contributed by atoms with E-state index in [1.54, 1.807) is 12.1 Å². The Balaban J connectivity index is 2.04. The Labute approximate surface area is 118 Å². The van der Waals surface area contributed by atoms with E-state index in [1.807, 2.05) is 0 Å². The van der Waals surface area contributed by atoms with Crippen LogP contribution in [0.2, 0.25) is 0 Å². The molecule has 0 radical (unpaired) electrons. The van der Waals surface area contributed by atoms with Gasteiger partial charge >= 0.3 is 0 Å². The molecule has 1 aromatic carbocycles. The van der Waals surface area contributed by atoms with Crippen LogP contribution in [0.3, 0.4) is 0 Å². The molecule has 1 atom stereocenters. The van der Waals surface area contributed by atoms with Crippen LogP contribution in [0.5, 0.6) is 5.75 Å². The van der Waals surface area contributed by atoms with Crippen LogP contribution in [0.4, 0.5) is 5.69 Å². The number of benzene rings is 1. The molecule has 1 fully saturated rings. The van der Waals surface area contributed by atoms with E-state index in [0.29, 0.717) is 29.8 Å². The Bertz CT molecular complexity index is 613. The van der Waals surface area contributed by atoms with Gasteiger partial charge in [-0.25, -0.2) is 8.42 Å². The van der Waals surface area contributed by atoms with Gasteiger partial charge in [-0.05, 0) is 25.0 Å². The Morgan fingerprint density at radius 3 is 2.80 bits per heavy atom. The van der Waals surface area contributed by atoms with Crippen LogP contribution in [0, 0.1) is 0 Å². The van der Waals surface area contributed by atoms with E-state index >= 15 is 0 Å². The van der Waals surface area contributed by atoms with E-state index < -0.39 is 15.1 Å². The van der Waals surface area contributed by atoms with Crippen molar-refractivity contribution in [3.8, 4) is 5.75 Å². The van der Waals surface area contributed by atoms with Gasteiger partial charge in [-0.2, -0.15) is 0 Å². The maximum Gasteiger partial charge on any atom is 0.251 e. The van der Waals surface area contributed by atoms with Crippen molar-refractivity contribution in [2.45, 2.75) is 18.1 Å². The number of carbonyl (C=O) groups is 1. The van der Waals surface area contributed by atoms with Crippen molar-refractivity contribution in [2.24, 2.45) is 0 Å². The lowest BCUT2D eigenvalue weighted by molar-refractivity contribution is 0.0953. The predicted octanol–water partition coefficient (Wildman–Crippen LogP) is 0.584. The SMILES string of the molecule is COc1cc(N)cc(C(=O)NCC2CCCS2(=O)=O)c1. The fraction of sp³-hybridized carbons (Fsp3) is 0.462. The molecule has 0 aliphatic carbocycles. The fourth-order valence-corrected chi connectivity index (χ4v) is 4.03. The molecule has 2 rings (SSSR count). The van der Waals surface area contributed by atoms with Crippen molar-refractivity contribution >= 4 is 21.4 Å². The quantitative estimate of drug-likeness (QED) is 0.792. The van der Waals surface area contributed by atoms with Gasteiger partial charge in [0, 0.05) is 23.9 Å². The molecule has 6 nitrogen and oxygen atoms in total. The molecule has 0 bridgehead atoms. The van der Waals surface area contributed by atoms with Crippen LogP contribution in [0.15, 0.2) is 18.2 Å². The van der Waals surface area contributed by atoms with E-state index in [2.05, 4.69) is 5.32 Å². The van der Waals surface area contributed by atoms with Crippen molar-refractivity contribution in [3.63, 3.8) is 0 Å². The molecule has 1 aromatic rings. The standard InChI is InChI=1S/C13H18N2O4S/c1-19-11-6-9(5-10(14)7-11)13(16)15-8-12-3-2-4-20(12,17)18/h5-7,12H,2-4,8,14H2,1H3,(H,15,16). The number of amides is 1. The minimum Gasteiger partial charge on any atom is -0.497 e. The van der Waals surface area contributed by atoms with E-state index in [0.717, 1.165) is 0 Å². The monoisotopic (exact) mass is 298 g/mol. The molecule has 0 aromatic heterocycles. The van der Waals surface area contributed by atoms with Gasteiger partial charge in [0.15, 0.2) is 9.84 Å². The molecule has 0 spiro atoms. The van der Waals surface area contributed by atoms with Gasteiger partial charge in [-0.15, -0.1) is 0 Å². The summed E-state index contributed by atoms with van der Waals surface area (Å²) in [6.45, 7) is 0.137. The zero-order valence-electron chi connectivity index (χ0n) is 11.3. The first-order chi connectivity index (χ1) is 9.42. The topological polar surface area (TPSA) is 98.5 Å². The van der Waals surface area contributed by atoms with Gasteiger partial charge in [-0.1, -0.05) is 0 Å². The highest BCUT2D eigenvalue weighted by Crippen LogP contribution is 2.20. The summed E-state index contributed by atoms with van der Waals surface area (Å²) < 4.78 is 28.4. The Morgan fingerprint density at radius 1 is 1.45 bits per heavy atom. The highest BCUT2D eigenvalue weighted by molar-refractivity contribution is 7.92. The normalized spacial score (nSPS) is 20.6. The van der Waals surface area contributed by atoms with Crippen LogP contribution >= 0.6 is 0 Å². The number of rotatable bonds is 4. The summed E-state index contributed by atoms with van der Waals surface area (Å²) in [4.78, 5) is 12.0. The van der Waals surface area contributed by atoms with Gasteiger partial charge < -0.3 is 15.8 Å². The van der Waals surface area contributed by atoms with Crippen LogP contribution < -0.4 is 15.8 Å². The molecule has 3 N–H and O–H groups in total. The van der Waals surface area contributed by atoms with Crippen molar-refractivity contribution in [2.75, 3.05) is 25.1 Å². The Hall–Kier alpha value is -1.76. The van der Waals surface area contributed by atoms with Gasteiger partial charge in [0.25, 0.3) is 5.91 Å². The lowest BCUT2D eigenvalue weighted by Gasteiger charge is -2.11. The molecule has 1 unspecified atom stereocenters. The van der Waals surface area contributed by atoms with Crippen LogP contribution in [-0.2, 0) is 9.84 Å². The van der Waals surface area contributed by atoms with Gasteiger partial charge in [0.05, 0.1) is 18.1 Å². The molecule has 1 amide bonds. The average Bonchev–Trinajstić information content (AvgIpc) is 2.74. The molecular weight excluding hydrogens is 280 g/mol. The second-order valence-electron chi connectivity index (χ2n) is 4.84. The average molecular weight is 298 g/mol. The number of anilines is 1. The van der Waals surface area contributed by atoms with Crippen molar-refractivity contribution < 1.29 is 17.9 Å². The third kappa shape index (κ3) is 3.22. The molecule has 7 heteroatoms. The third-order valence-electron chi connectivity index (χ3n) is 3.38. The Kier molecular flexibility index (Phi) is 4.17. The number of nitrogens with one attached hydrogen (secondary N) is 1. The maximum atomic E-state index is 12.0. The predicted molar refractivity (Wildman–Crippen MR) is 76.5 cm³/mol. The summed E-state index contributed by atoms with van der Waals surface area (Å²) in [5, 5.41) is 2.17. The summed E-state index contributed by atoms with van der Waals surface area (Å²) in [5.74, 6) is 0.348. The van der Waals surface area contributed by atoms with Crippen molar-refractivity contribution in [1.82, 2.24) is 5.32 Å². The summed E-state index contributed by atoms with van der Waals surface area (Å²) in [6.07, 6.45) is 1.26. The van der Waals surface area contributed by atoms with Crippen LogP contribution in [0.1, 0.15) is 23.2 Å². The first-order valence-corrected chi connectivity index (χ1v) is 8.08. The van der Waals surface area contributed by atoms with E-state index in [-0.39, 0.29) is 18.2 Å². The number of ether oxygens (including phenoxy) is 1. The third-order valence-corrected chi connectivity index (χ3v) is 5.66. The fourth-order valence-electron chi connectivity index (χ4n) is 2.27. The summed E-state index contributed by atoms with van der Waals surface area (Å²) in [5.41, 5.74) is 6.46. The number of hydrogen-bond acceptors (Lipinski definition) is 5. The Morgan fingerprint density at radius 2 is 2.20 bits per heavy atom. The number of methoxy groups -OCH3 is 1. The zero-order chi connectivity index (χ0) is 14.8. The van der Waals surface area contributed by atoms with Crippen molar-refractivity contribution in [1.29, 1.82) is 0 Å². The molecule has 20 heavy (non-hydrogen) atoms. The number of nitrogens with two attached hydrogens (primary N) is 1. The first-order valence-electron chi connectivity index (χ1n) is 6.36. The molecule has 1 heterocycles. The largest absolute Gasteiger partial charge is 0.497 e. The highest BCUT2D eigenvalue weighted by atomic mass is 32.2. The van der Waals surface area contributed by atoms with Gasteiger partial charge in [0.1, 0.15) is 5.75 Å². The number of carbonyl (C=O) groups excluding carboxylic acids is 1.